The van der Waals surface area contributed by atoms with Gasteiger partial charge in [-0.15, -0.1) is 0 Å². The number of carbonyl (C=O) groups excluding carboxylic acids is 1. The summed E-state index contributed by atoms with van der Waals surface area (Å²) in [4.78, 5) is 16.7. The summed E-state index contributed by atoms with van der Waals surface area (Å²) in [6, 6.07) is 15.0. The van der Waals surface area contributed by atoms with Crippen molar-refractivity contribution >= 4 is 29.1 Å². The van der Waals surface area contributed by atoms with Crippen LogP contribution in [-0.4, -0.2) is 55.1 Å². The van der Waals surface area contributed by atoms with Crippen molar-refractivity contribution in [3.63, 3.8) is 0 Å². The van der Waals surface area contributed by atoms with Gasteiger partial charge < -0.3 is 9.64 Å². The number of likely N-dealkylation sites (N-methyl/N-ethyl adjacent to an activating group) is 1. The second-order valence-electron chi connectivity index (χ2n) is 6.56. The highest BCUT2D eigenvalue weighted by Crippen LogP contribution is 2.23. The molecular formula is C20H22Cl2N2O2. The summed E-state index contributed by atoms with van der Waals surface area (Å²) in [5, 5.41) is 1.12. The molecule has 1 heterocycles. The van der Waals surface area contributed by atoms with Crippen LogP contribution in [0.25, 0.3) is 0 Å². The lowest BCUT2D eigenvalue weighted by Gasteiger charge is -2.35. The molecule has 1 aliphatic heterocycles. The zero-order valence-corrected chi connectivity index (χ0v) is 16.2. The minimum absolute atomic E-state index is 0.0100. The lowest BCUT2D eigenvalue weighted by molar-refractivity contribution is -0.0338. The van der Waals surface area contributed by atoms with Crippen LogP contribution in [0.15, 0.2) is 48.5 Å². The summed E-state index contributed by atoms with van der Waals surface area (Å²) in [6.07, 6.45) is -0.0100. The molecule has 1 unspecified atom stereocenters. The summed E-state index contributed by atoms with van der Waals surface area (Å²) in [6.45, 7) is 3.26. The molecule has 1 saturated heterocycles. The molecule has 0 aromatic heterocycles. The van der Waals surface area contributed by atoms with E-state index in [1.807, 2.05) is 60.5 Å². The Labute approximate surface area is 164 Å². The maximum atomic E-state index is 12.6. The Bertz CT molecular complexity index is 755. The van der Waals surface area contributed by atoms with Gasteiger partial charge in [0, 0.05) is 31.7 Å². The molecule has 0 bridgehead atoms. The predicted molar refractivity (Wildman–Crippen MR) is 105 cm³/mol. The molecule has 0 radical (unpaired) electrons. The molecule has 6 heteroatoms. The Morgan fingerprint density at radius 3 is 2.69 bits per heavy atom. The average molecular weight is 393 g/mol. The van der Waals surface area contributed by atoms with Crippen molar-refractivity contribution in [3.05, 3.63) is 69.7 Å². The van der Waals surface area contributed by atoms with E-state index in [9.17, 15) is 4.79 Å². The first-order valence-corrected chi connectivity index (χ1v) is 9.37. The van der Waals surface area contributed by atoms with Crippen molar-refractivity contribution < 1.29 is 9.53 Å². The van der Waals surface area contributed by atoms with Gasteiger partial charge in [-0.3, -0.25) is 9.69 Å². The summed E-state index contributed by atoms with van der Waals surface area (Å²) in [7, 11) is 2.03. The first-order valence-electron chi connectivity index (χ1n) is 8.61. The molecule has 0 saturated carbocycles. The van der Waals surface area contributed by atoms with Crippen molar-refractivity contribution in [1.82, 2.24) is 9.80 Å². The van der Waals surface area contributed by atoms with Gasteiger partial charge >= 0.3 is 0 Å². The number of benzene rings is 2. The Morgan fingerprint density at radius 1 is 1.19 bits per heavy atom. The van der Waals surface area contributed by atoms with E-state index in [2.05, 4.69) is 4.90 Å². The highest BCUT2D eigenvalue weighted by atomic mass is 35.5. The van der Waals surface area contributed by atoms with Gasteiger partial charge in [0.2, 0.25) is 0 Å². The molecule has 0 N–H and O–H groups in total. The average Bonchev–Trinajstić information content (AvgIpc) is 2.65. The van der Waals surface area contributed by atoms with Crippen LogP contribution < -0.4 is 0 Å². The third kappa shape index (κ3) is 4.98. The molecule has 0 spiro atoms. The number of morpholine rings is 1. The monoisotopic (exact) mass is 392 g/mol. The Hall–Kier alpha value is -1.59. The van der Waals surface area contributed by atoms with E-state index in [1.165, 1.54) is 0 Å². The molecule has 26 heavy (non-hydrogen) atoms. The minimum atomic E-state index is -0.0100. The number of hydrogen-bond acceptors (Lipinski definition) is 3. The van der Waals surface area contributed by atoms with Crippen LogP contribution in [-0.2, 0) is 11.3 Å². The highest BCUT2D eigenvalue weighted by molar-refractivity contribution is 6.42. The first kappa shape index (κ1) is 19.2. The van der Waals surface area contributed by atoms with Crippen LogP contribution in [0.1, 0.15) is 15.9 Å². The van der Waals surface area contributed by atoms with E-state index >= 15 is 0 Å². The third-order valence-corrected chi connectivity index (χ3v) is 5.14. The number of nitrogens with zero attached hydrogens (tertiary/aromatic N) is 2. The van der Waals surface area contributed by atoms with E-state index in [4.69, 9.17) is 27.9 Å². The number of rotatable bonds is 5. The van der Waals surface area contributed by atoms with E-state index in [0.29, 0.717) is 29.7 Å². The number of hydrogen-bond donors (Lipinski definition) is 0. The maximum absolute atomic E-state index is 12.6. The van der Waals surface area contributed by atoms with Crippen molar-refractivity contribution in [3.8, 4) is 0 Å². The Balaban J connectivity index is 1.56. The summed E-state index contributed by atoms with van der Waals surface area (Å²) in [5.74, 6) is 0.0611. The van der Waals surface area contributed by atoms with Crippen molar-refractivity contribution in [2.75, 3.05) is 33.3 Å². The topological polar surface area (TPSA) is 32.8 Å². The molecule has 0 aliphatic carbocycles. The van der Waals surface area contributed by atoms with Gasteiger partial charge in [0.1, 0.15) is 0 Å². The van der Waals surface area contributed by atoms with Crippen LogP contribution in [0.3, 0.4) is 0 Å². The van der Waals surface area contributed by atoms with Crippen molar-refractivity contribution in [1.29, 1.82) is 0 Å². The summed E-state index contributed by atoms with van der Waals surface area (Å²) < 4.78 is 5.86. The number of amides is 1. The van der Waals surface area contributed by atoms with Gasteiger partial charge in [-0.2, -0.15) is 0 Å². The molecule has 4 nitrogen and oxygen atoms in total. The summed E-state index contributed by atoms with van der Waals surface area (Å²) >= 11 is 12.0. The van der Waals surface area contributed by atoms with Gasteiger partial charge in [0.15, 0.2) is 0 Å². The number of carbonyl (C=O) groups is 1. The zero-order valence-electron chi connectivity index (χ0n) is 14.7. The quantitative estimate of drug-likeness (QED) is 0.771. The van der Waals surface area contributed by atoms with E-state index in [-0.39, 0.29) is 12.0 Å². The lowest BCUT2D eigenvalue weighted by Crippen LogP contribution is -2.49. The van der Waals surface area contributed by atoms with Gasteiger partial charge in [0.25, 0.3) is 5.91 Å². The van der Waals surface area contributed by atoms with Crippen molar-refractivity contribution in [2.24, 2.45) is 0 Å². The van der Waals surface area contributed by atoms with Gasteiger partial charge in [0.05, 0.1) is 22.8 Å². The lowest BCUT2D eigenvalue weighted by atomic mass is 10.1. The predicted octanol–water partition coefficient (Wildman–Crippen LogP) is 3.97. The maximum Gasteiger partial charge on any atom is 0.254 e. The molecule has 1 atom stereocenters. The SMILES string of the molecule is CN(Cc1ccc(Cl)c(Cl)c1)CC1CN(C(=O)c2ccccc2)CCO1. The fourth-order valence-corrected chi connectivity index (χ4v) is 3.46. The molecular weight excluding hydrogens is 371 g/mol. The standard InChI is InChI=1S/C20H22Cl2N2O2/c1-23(12-15-7-8-18(21)19(22)11-15)13-17-14-24(9-10-26-17)20(25)16-5-3-2-4-6-16/h2-8,11,17H,9-10,12-14H2,1H3. The van der Waals surface area contributed by atoms with Gasteiger partial charge in [-0.25, -0.2) is 0 Å². The molecule has 2 aromatic carbocycles. The minimum Gasteiger partial charge on any atom is -0.373 e. The first-order chi connectivity index (χ1) is 12.5. The molecule has 138 valence electrons. The molecule has 1 amide bonds. The Kier molecular flexibility index (Phi) is 6.54. The van der Waals surface area contributed by atoms with E-state index in [0.717, 1.165) is 24.2 Å². The van der Waals surface area contributed by atoms with Crippen molar-refractivity contribution in [2.45, 2.75) is 12.6 Å². The molecule has 2 aromatic rings. The summed E-state index contributed by atoms with van der Waals surface area (Å²) in [5.41, 5.74) is 1.81. The fourth-order valence-electron chi connectivity index (χ4n) is 3.14. The molecule has 1 aliphatic rings. The molecule has 3 rings (SSSR count). The Morgan fingerprint density at radius 2 is 1.96 bits per heavy atom. The fraction of sp³-hybridized carbons (Fsp3) is 0.350. The smallest absolute Gasteiger partial charge is 0.254 e. The van der Waals surface area contributed by atoms with E-state index in [1.54, 1.807) is 0 Å². The third-order valence-electron chi connectivity index (χ3n) is 4.40. The molecule has 1 fully saturated rings. The number of halogens is 2. The van der Waals surface area contributed by atoms with Gasteiger partial charge in [-0.05, 0) is 36.9 Å². The highest BCUT2D eigenvalue weighted by Gasteiger charge is 2.25. The normalized spacial score (nSPS) is 17.5. The zero-order chi connectivity index (χ0) is 18.5. The van der Waals surface area contributed by atoms with Crippen LogP contribution in [0, 0.1) is 0 Å². The van der Waals surface area contributed by atoms with Crippen LogP contribution >= 0.6 is 23.2 Å². The van der Waals surface area contributed by atoms with Crippen LogP contribution in [0.2, 0.25) is 10.0 Å². The second kappa shape index (κ2) is 8.87. The number of ether oxygens (including phenoxy) is 1. The van der Waals surface area contributed by atoms with E-state index < -0.39 is 0 Å². The largest absolute Gasteiger partial charge is 0.373 e. The second-order valence-corrected chi connectivity index (χ2v) is 7.37. The van der Waals surface area contributed by atoms with Crippen LogP contribution in [0.4, 0.5) is 0 Å². The van der Waals surface area contributed by atoms with Crippen LogP contribution in [0.5, 0.6) is 0 Å². The van der Waals surface area contributed by atoms with Gasteiger partial charge in [-0.1, -0.05) is 47.5 Å².